The number of rotatable bonds is 6. The van der Waals surface area contributed by atoms with Gasteiger partial charge in [-0.25, -0.2) is 0 Å². The Morgan fingerprint density at radius 2 is 2.21 bits per heavy atom. The van der Waals surface area contributed by atoms with Crippen LogP contribution in [0.1, 0.15) is 45.3 Å². The molecule has 0 aliphatic carbocycles. The molecule has 0 saturated heterocycles. The van der Waals surface area contributed by atoms with E-state index in [9.17, 15) is 0 Å². The van der Waals surface area contributed by atoms with Crippen LogP contribution in [0.4, 0.5) is 0 Å². The molecule has 1 atom stereocenters. The molecule has 0 unspecified atom stereocenters. The molecule has 0 aliphatic heterocycles. The molecule has 0 saturated carbocycles. The molecule has 0 bridgehead atoms. The monoisotopic (exact) mass is 194 g/mol. The van der Waals surface area contributed by atoms with Crippen molar-refractivity contribution in [3.8, 4) is 0 Å². The Bertz CT molecular complexity index is 253. The predicted molar refractivity (Wildman–Crippen MR) is 61.4 cm³/mol. The lowest BCUT2D eigenvalue weighted by Gasteiger charge is -2.15. The summed E-state index contributed by atoms with van der Waals surface area (Å²) in [6.45, 7) is 8.79. The molecule has 80 valence electrons. The van der Waals surface area contributed by atoms with Gasteiger partial charge in [0, 0.05) is 24.5 Å². The molecule has 0 aromatic carbocycles. The van der Waals surface area contributed by atoms with Crippen LogP contribution in [0.5, 0.6) is 0 Å². The van der Waals surface area contributed by atoms with E-state index in [4.69, 9.17) is 0 Å². The van der Waals surface area contributed by atoms with Crippen molar-refractivity contribution < 1.29 is 0 Å². The SMILES string of the molecule is CCCNCc1cccn1[C@H](C)CC. The zero-order valence-corrected chi connectivity index (χ0v) is 9.59. The van der Waals surface area contributed by atoms with E-state index in [1.54, 1.807) is 0 Å². The molecule has 0 fully saturated rings. The number of nitrogens with zero attached hydrogens (tertiary/aromatic N) is 1. The molecular weight excluding hydrogens is 172 g/mol. The smallest absolute Gasteiger partial charge is 0.0359 e. The van der Waals surface area contributed by atoms with Gasteiger partial charge in [0.2, 0.25) is 0 Å². The van der Waals surface area contributed by atoms with Crippen molar-refractivity contribution in [3.05, 3.63) is 24.0 Å². The van der Waals surface area contributed by atoms with E-state index in [-0.39, 0.29) is 0 Å². The van der Waals surface area contributed by atoms with Crippen LogP contribution in [-0.2, 0) is 6.54 Å². The van der Waals surface area contributed by atoms with Crippen molar-refractivity contribution >= 4 is 0 Å². The highest BCUT2D eigenvalue weighted by atomic mass is 15.0. The minimum atomic E-state index is 0.614. The lowest BCUT2D eigenvalue weighted by atomic mass is 10.2. The summed E-state index contributed by atoms with van der Waals surface area (Å²) in [5, 5.41) is 3.44. The van der Waals surface area contributed by atoms with E-state index in [0.717, 1.165) is 13.1 Å². The highest BCUT2D eigenvalue weighted by Gasteiger charge is 2.05. The number of nitrogens with one attached hydrogen (secondary N) is 1. The zero-order chi connectivity index (χ0) is 10.4. The second-order valence-corrected chi connectivity index (χ2v) is 3.84. The molecule has 0 spiro atoms. The summed E-state index contributed by atoms with van der Waals surface area (Å²) in [4.78, 5) is 0. The highest BCUT2D eigenvalue weighted by molar-refractivity contribution is 5.08. The van der Waals surface area contributed by atoms with E-state index in [0.29, 0.717) is 6.04 Å². The summed E-state index contributed by atoms with van der Waals surface area (Å²) in [5.41, 5.74) is 1.40. The van der Waals surface area contributed by atoms with Gasteiger partial charge in [-0.3, -0.25) is 0 Å². The topological polar surface area (TPSA) is 17.0 Å². The maximum Gasteiger partial charge on any atom is 0.0359 e. The third kappa shape index (κ3) is 2.88. The molecule has 0 aliphatic rings. The van der Waals surface area contributed by atoms with Gasteiger partial charge in [-0.1, -0.05) is 13.8 Å². The summed E-state index contributed by atoms with van der Waals surface area (Å²) >= 11 is 0. The van der Waals surface area contributed by atoms with E-state index >= 15 is 0 Å². The Kier molecular flexibility index (Phi) is 4.74. The minimum Gasteiger partial charge on any atom is -0.347 e. The van der Waals surface area contributed by atoms with E-state index < -0.39 is 0 Å². The summed E-state index contributed by atoms with van der Waals surface area (Å²) in [7, 11) is 0. The van der Waals surface area contributed by atoms with Gasteiger partial charge >= 0.3 is 0 Å². The van der Waals surface area contributed by atoms with Gasteiger partial charge in [0.15, 0.2) is 0 Å². The summed E-state index contributed by atoms with van der Waals surface area (Å²) < 4.78 is 2.36. The molecule has 2 heteroatoms. The molecule has 1 N–H and O–H groups in total. The van der Waals surface area contributed by atoms with Gasteiger partial charge in [0.05, 0.1) is 0 Å². The molecule has 0 radical (unpaired) electrons. The molecule has 14 heavy (non-hydrogen) atoms. The average molecular weight is 194 g/mol. The van der Waals surface area contributed by atoms with E-state index in [2.05, 4.69) is 49.0 Å². The van der Waals surface area contributed by atoms with Crippen LogP contribution in [-0.4, -0.2) is 11.1 Å². The van der Waals surface area contributed by atoms with Crippen molar-refractivity contribution in [2.75, 3.05) is 6.54 Å². The van der Waals surface area contributed by atoms with Crippen LogP contribution in [0, 0.1) is 0 Å². The number of hydrogen-bond acceptors (Lipinski definition) is 1. The van der Waals surface area contributed by atoms with Gasteiger partial charge in [0.1, 0.15) is 0 Å². The average Bonchev–Trinajstić information content (AvgIpc) is 2.65. The van der Waals surface area contributed by atoms with Crippen LogP contribution in [0.25, 0.3) is 0 Å². The molecule has 1 aromatic rings. The Balaban J connectivity index is 2.53. The highest BCUT2D eigenvalue weighted by Crippen LogP contribution is 2.14. The lowest BCUT2D eigenvalue weighted by molar-refractivity contribution is 0.502. The van der Waals surface area contributed by atoms with Crippen LogP contribution < -0.4 is 5.32 Å². The minimum absolute atomic E-state index is 0.614. The van der Waals surface area contributed by atoms with E-state index in [1.165, 1.54) is 18.5 Å². The van der Waals surface area contributed by atoms with E-state index in [1.807, 2.05) is 0 Å². The van der Waals surface area contributed by atoms with Crippen LogP contribution in [0.3, 0.4) is 0 Å². The van der Waals surface area contributed by atoms with Gasteiger partial charge in [-0.2, -0.15) is 0 Å². The van der Waals surface area contributed by atoms with Gasteiger partial charge < -0.3 is 9.88 Å². The quantitative estimate of drug-likeness (QED) is 0.689. The van der Waals surface area contributed by atoms with Crippen molar-refractivity contribution in [3.63, 3.8) is 0 Å². The van der Waals surface area contributed by atoms with Crippen molar-refractivity contribution in [1.29, 1.82) is 0 Å². The van der Waals surface area contributed by atoms with Crippen molar-refractivity contribution in [2.24, 2.45) is 0 Å². The Labute approximate surface area is 87.3 Å². The first-order valence-corrected chi connectivity index (χ1v) is 5.66. The second-order valence-electron chi connectivity index (χ2n) is 3.84. The van der Waals surface area contributed by atoms with Crippen LogP contribution in [0.15, 0.2) is 18.3 Å². The molecule has 1 heterocycles. The third-order valence-electron chi connectivity index (χ3n) is 2.67. The van der Waals surface area contributed by atoms with Crippen LogP contribution in [0.2, 0.25) is 0 Å². The Morgan fingerprint density at radius 3 is 2.86 bits per heavy atom. The fraction of sp³-hybridized carbons (Fsp3) is 0.667. The molecule has 0 amide bonds. The van der Waals surface area contributed by atoms with Crippen molar-refractivity contribution in [1.82, 2.24) is 9.88 Å². The fourth-order valence-corrected chi connectivity index (χ4v) is 1.60. The Hall–Kier alpha value is -0.760. The first kappa shape index (κ1) is 11.3. The molecule has 2 nitrogen and oxygen atoms in total. The fourth-order valence-electron chi connectivity index (χ4n) is 1.60. The standard InChI is InChI=1S/C12H22N2/c1-4-8-13-10-12-7-6-9-14(12)11(3)5-2/h6-7,9,11,13H,4-5,8,10H2,1-3H3/t11-/m1/s1. The zero-order valence-electron chi connectivity index (χ0n) is 9.59. The molecule has 1 aromatic heterocycles. The van der Waals surface area contributed by atoms with Gasteiger partial charge in [0.25, 0.3) is 0 Å². The van der Waals surface area contributed by atoms with Gasteiger partial charge in [-0.15, -0.1) is 0 Å². The van der Waals surface area contributed by atoms with Gasteiger partial charge in [-0.05, 0) is 38.4 Å². The largest absolute Gasteiger partial charge is 0.347 e. The third-order valence-corrected chi connectivity index (χ3v) is 2.67. The second kappa shape index (κ2) is 5.86. The Morgan fingerprint density at radius 1 is 1.43 bits per heavy atom. The molecular formula is C12H22N2. The number of aromatic nitrogens is 1. The maximum absolute atomic E-state index is 3.44. The van der Waals surface area contributed by atoms with Crippen LogP contribution >= 0.6 is 0 Å². The lowest BCUT2D eigenvalue weighted by Crippen LogP contribution is -2.17. The summed E-state index contributed by atoms with van der Waals surface area (Å²) in [6.07, 6.45) is 4.57. The summed E-state index contributed by atoms with van der Waals surface area (Å²) in [6, 6.07) is 4.95. The maximum atomic E-state index is 3.44. The first-order chi connectivity index (χ1) is 6.79. The number of hydrogen-bond donors (Lipinski definition) is 1. The van der Waals surface area contributed by atoms with Crippen molar-refractivity contribution in [2.45, 2.75) is 46.2 Å². The first-order valence-electron chi connectivity index (χ1n) is 5.66. The normalized spacial score (nSPS) is 13.1. The predicted octanol–water partition coefficient (Wildman–Crippen LogP) is 2.96. The summed E-state index contributed by atoms with van der Waals surface area (Å²) in [5.74, 6) is 0. The molecule has 1 rings (SSSR count).